The van der Waals surface area contributed by atoms with Crippen LogP contribution >= 0.6 is 0 Å². The minimum Gasteiger partial charge on any atom is -0.508 e. The Morgan fingerprint density at radius 1 is 1.62 bits per heavy atom. The first-order valence-corrected chi connectivity index (χ1v) is 4.84. The van der Waals surface area contributed by atoms with Crippen molar-refractivity contribution in [2.24, 2.45) is 5.73 Å². The number of nitrogens with two attached hydrogens (primary N) is 1. The molecule has 0 aromatic rings. The molecule has 0 heterocycles. The highest BCUT2D eigenvalue weighted by molar-refractivity contribution is 5.72. The number of hydrogen-bond acceptors (Lipinski definition) is 5. The zero-order valence-corrected chi connectivity index (χ0v) is 8.58. The van der Waals surface area contributed by atoms with E-state index in [1.165, 1.54) is 12.2 Å². The normalized spacial score (nSPS) is 30.9. The van der Waals surface area contributed by atoms with Gasteiger partial charge < -0.3 is 26.2 Å². The maximum Gasteiger partial charge on any atom is 0.320 e. The van der Waals surface area contributed by atoms with Crippen LogP contribution in [0.3, 0.4) is 0 Å². The van der Waals surface area contributed by atoms with Gasteiger partial charge in [-0.15, -0.1) is 0 Å². The van der Waals surface area contributed by atoms with Crippen molar-refractivity contribution >= 4 is 5.97 Å². The molecule has 0 saturated heterocycles. The van der Waals surface area contributed by atoms with Crippen LogP contribution in [0.25, 0.3) is 0 Å². The summed E-state index contributed by atoms with van der Waals surface area (Å²) in [6.07, 6.45) is 2.34. The maximum absolute atomic E-state index is 10.5. The average Bonchev–Trinajstić information content (AvgIpc) is 2.21. The predicted octanol–water partition coefficient (Wildman–Crippen LogP) is -0.718. The number of carboxylic acid groups (broad SMARTS) is 1. The summed E-state index contributed by atoms with van der Waals surface area (Å²) in [5.74, 6) is -1.30. The zero-order chi connectivity index (χ0) is 12.3. The van der Waals surface area contributed by atoms with Gasteiger partial charge in [0.05, 0.1) is 0 Å². The van der Waals surface area contributed by atoms with Gasteiger partial charge >= 0.3 is 5.97 Å². The first kappa shape index (κ1) is 12.7. The molecule has 3 atom stereocenters. The Morgan fingerprint density at radius 2 is 2.25 bits per heavy atom. The van der Waals surface area contributed by atoms with Crippen LogP contribution in [0.2, 0.25) is 0 Å². The van der Waals surface area contributed by atoms with Gasteiger partial charge in [-0.25, -0.2) is 0 Å². The third kappa shape index (κ3) is 2.82. The molecule has 90 valence electrons. The molecule has 0 fully saturated rings. The number of aliphatic hydroxyl groups is 3. The molecule has 0 aromatic carbocycles. The van der Waals surface area contributed by atoms with Crippen LogP contribution in [0.5, 0.6) is 0 Å². The second kappa shape index (κ2) is 4.65. The van der Waals surface area contributed by atoms with Gasteiger partial charge in [-0.1, -0.05) is 0 Å². The van der Waals surface area contributed by atoms with E-state index in [0.29, 0.717) is 0 Å². The molecular weight excluding hydrogens is 214 g/mol. The van der Waals surface area contributed by atoms with Crippen molar-refractivity contribution in [1.82, 2.24) is 0 Å². The Hall–Kier alpha value is -1.37. The van der Waals surface area contributed by atoms with Crippen LogP contribution in [0.4, 0.5) is 0 Å². The fourth-order valence-electron chi connectivity index (χ4n) is 1.43. The first-order chi connectivity index (χ1) is 7.35. The molecular formula is C10H15NO5. The summed E-state index contributed by atoms with van der Waals surface area (Å²) in [7, 11) is 0. The van der Waals surface area contributed by atoms with Crippen LogP contribution in [0.1, 0.15) is 12.8 Å². The Labute approximate surface area is 92.3 Å². The number of aliphatic carboxylic acids is 1. The first-order valence-electron chi connectivity index (χ1n) is 4.84. The van der Waals surface area contributed by atoms with Gasteiger partial charge in [0.2, 0.25) is 0 Å². The molecule has 1 aliphatic carbocycles. The summed E-state index contributed by atoms with van der Waals surface area (Å²) in [5, 5.41) is 37.1. The molecule has 6 heteroatoms. The molecule has 0 bridgehead atoms. The molecule has 1 aliphatic rings. The van der Waals surface area contributed by atoms with E-state index in [-0.39, 0.29) is 18.6 Å². The zero-order valence-electron chi connectivity index (χ0n) is 8.58. The maximum atomic E-state index is 10.5. The summed E-state index contributed by atoms with van der Waals surface area (Å²) >= 11 is 0. The Morgan fingerprint density at radius 3 is 2.75 bits per heavy atom. The predicted molar refractivity (Wildman–Crippen MR) is 55.7 cm³/mol. The highest BCUT2D eigenvalue weighted by Gasteiger charge is 2.34. The lowest BCUT2D eigenvalue weighted by Gasteiger charge is -2.31. The minimum absolute atomic E-state index is 0.00190. The number of rotatable bonds is 4. The molecule has 0 saturated carbocycles. The fourth-order valence-corrected chi connectivity index (χ4v) is 1.43. The largest absolute Gasteiger partial charge is 0.508 e. The molecule has 2 unspecified atom stereocenters. The monoisotopic (exact) mass is 229 g/mol. The van der Waals surface area contributed by atoms with Crippen molar-refractivity contribution < 1.29 is 25.2 Å². The molecule has 6 nitrogen and oxygen atoms in total. The fraction of sp³-hybridized carbons (Fsp3) is 0.500. The second-order valence-electron chi connectivity index (χ2n) is 3.84. The van der Waals surface area contributed by atoms with E-state index in [1.54, 1.807) is 0 Å². The van der Waals surface area contributed by atoms with E-state index in [1.807, 2.05) is 0 Å². The third-order valence-corrected chi connectivity index (χ3v) is 2.56. The molecule has 0 aliphatic heterocycles. The Kier molecular flexibility index (Phi) is 3.69. The lowest BCUT2D eigenvalue weighted by molar-refractivity contribution is -0.139. The SMILES string of the molecule is N[C@@H](CCC1(O)C=CC(O)=CC1O)C(=O)O. The van der Waals surface area contributed by atoms with Gasteiger partial charge in [-0.05, 0) is 31.1 Å². The standard InChI is InChI=1S/C10H15NO5/c11-7(9(14)15)2-4-10(16)3-1-6(12)5-8(10)13/h1,3,5,7-8,12-13,16H,2,4,11H2,(H,14,15)/t7-,8?,10?/m0/s1. The topological polar surface area (TPSA) is 124 Å². The molecule has 0 aromatic heterocycles. The van der Waals surface area contributed by atoms with E-state index in [4.69, 9.17) is 15.9 Å². The van der Waals surface area contributed by atoms with Crippen molar-refractivity contribution in [2.75, 3.05) is 0 Å². The lowest BCUT2D eigenvalue weighted by atomic mass is 9.86. The van der Waals surface area contributed by atoms with Crippen LogP contribution in [-0.4, -0.2) is 44.1 Å². The second-order valence-corrected chi connectivity index (χ2v) is 3.84. The number of hydrogen-bond donors (Lipinski definition) is 5. The highest BCUT2D eigenvalue weighted by atomic mass is 16.4. The molecule has 0 radical (unpaired) electrons. The minimum atomic E-state index is -1.57. The summed E-state index contributed by atoms with van der Waals surface area (Å²) in [6.45, 7) is 0. The van der Waals surface area contributed by atoms with Gasteiger partial charge in [-0.2, -0.15) is 0 Å². The van der Waals surface area contributed by atoms with Crippen molar-refractivity contribution in [3.63, 3.8) is 0 Å². The van der Waals surface area contributed by atoms with Crippen LogP contribution in [-0.2, 0) is 4.79 Å². The third-order valence-electron chi connectivity index (χ3n) is 2.56. The van der Waals surface area contributed by atoms with E-state index in [0.717, 1.165) is 6.08 Å². The van der Waals surface area contributed by atoms with Gasteiger partial charge in [0.1, 0.15) is 23.5 Å². The summed E-state index contributed by atoms with van der Waals surface area (Å²) in [4.78, 5) is 10.5. The molecule has 16 heavy (non-hydrogen) atoms. The smallest absolute Gasteiger partial charge is 0.320 e. The Bertz CT molecular complexity index is 338. The molecule has 1 rings (SSSR count). The van der Waals surface area contributed by atoms with Crippen LogP contribution in [0.15, 0.2) is 24.0 Å². The molecule has 0 spiro atoms. The van der Waals surface area contributed by atoms with E-state index >= 15 is 0 Å². The van der Waals surface area contributed by atoms with E-state index in [2.05, 4.69) is 0 Å². The van der Waals surface area contributed by atoms with Gasteiger partial charge in [0.15, 0.2) is 0 Å². The number of aliphatic hydroxyl groups excluding tert-OH is 2. The van der Waals surface area contributed by atoms with Crippen LogP contribution in [0, 0.1) is 0 Å². The Balaban J connectivity index is 2.60. The number of carboxylic acids is 1. The van der Waals surface area contributed by atoms with Crippen molar-refractivity contribution in [3.05, 3.63) is 24.0 Å². The lowest BCUT2D eigenvalue weighted by Crippen LogP contribution is -2.43. The molecule has 0 amide bonds. The van der Waals surface area contributed by atoms with Crippen LogP contribution < -0.4 is 5.73 Å². The highest BCUT2D eigenvalue weighted by Crippen LogP contribution is 2.25. The average molecular weight is 229 g/mol. The summed E-state index contributed by atoms with van der Waals surface area (Å²) < 4.78 is 0. The van der Waals surface area contributed by atoms with Crippen molar-refractivity contribution in [2.45, 2.75) is 30.6 Å². The number of allylic oxidation sites excluding steroid dienone is 1. The van der Waals surface area contributed by atoms with Gasteiger partial charge in [0.25, 0.3) is 0 Å². The van der Waals surface area contributed by atoms with E-state index < -0.39 is 23.7 Å². The van der Waals surface area contributed by atoms with E-state index in [9.17, 15) is 15.0 Å². The van der Waals surface area contributed by atoms with Gasteiger partial charge in [0, 0.05) is 0 Å². The summed E-state index contributed by atoms with van der Waals surface area (Å²) in [5.41, 5.74) is 3.71. The summed E-state index contributed by atoms with van der Waals surface area (Å²) in [6, 6.07) is -1.08. The van der Waals surface area contributed by atoms with Gasteiger partial charge in [-0.3, -0.25) is 4.79 Å². The number of carbonyl (C=O) groups is 1. The molecule has 6 N–H and O–H groups in total. The van der Waals surface area contributed by atoms with Crippen molar-refractivity contribution in [1.29, 1.82) is 0 Å². The quantitative estimate of drug-likeness (QED) is 0.433. The van der Waals surface area contributed by atoms with Crippen molar-refractivity contribution in [3.8, 4) is 0 Å².